The van der Waals surface area contributed by atoms with Gasteiger partial charge in [-0.25, -0.2) is 9.18 Å². The number of carboxylic acid groups (broad SMARTS) is 1. The van der Waals surface area contributed by atoms with Crippen LogP contribution in [-0.2, 0) is 6.54 Å². The van der Waals surface area contributed by atoms with Crippen LogP contribution < -0.4 is 0 Å². The van der Waals surface area contributed by atoms with Crippen LogP contribution in [0.25, 0.3) is 11.0 Å². The molecule has 0 aliphatic carbocycles. The van der Waals surface area contributed by atoms with Crippen LogP contribution in [0.5, 0.6) is 0 Å². The first-order chi connectivity index (χ1) is 9.97. The fraction of sp³-hybridized carbons (Fsp3) is 0.400. The molecule has 2 rings (SSSR count). The van der Waals surface area contributed by atoms with E-state index in [1.165, 1.54) is 6.07 Å². The molecule has 0 saturated carbocycles. The topological polar surface area (TPSA) is 73.9 Å². The van der Waals surface area contributed by atoms with Gasteiger partial charge in [-0.2, -0.15) is 0 Å². The Morgan fingerprint density at radius 1 is 1.43 bits per heavy atom. The average molecular weight is 295 g/mol. The summed E-state index contributed by atoms with van der Waals surface area (Å²) in [6.45, 7) is 5.30. The second-order valence-corrected chi connectivity index (χ2v) is 4.91. The molecular formula is C15H18FNO4. The van der Waals surface area contributed by atoms with Crippen LogP contribution in [0.15, 0.2) is 16.5 Å². The Morgan fingerprint density at radius 2 is 2.14 bits per heavy atom. The molecule has 2 N–H and O–H groups in total. The van der Waals surface area contributed by atoms with Gasteiger partial charge in [0.2, 0.25) is 5.76 Å². The van der Waals surface area contributed by atoms with Crippen molar-refractivity contribution in [2.75, 3.05) is 19.7 Å². The van der Waals surface area contributed by atoms with Crippen LogP contribution in [0.3, 0.4) is 0 Å². The Morgan fingerprint density at radius 3 is 2.71 bits per heavy atom. The minimum atomic E-state index is -1.21. The van der Waals surface area contributed by atoms with E-state index >= 15 is 0 Å². The number of hydrogen-bond donors (Lipinski definition) is 2. The van der Waals surface area contributed by atoms with E-state index in [-0.39, 0.29) is 18.0 Å². The monoisotopic (exact) mass is 295 g/mol. The predicted molar refractivity (Wildman–Crippen MR) is 75.9 cm³/mol. The van der Waals surface area contributed by atoms with Gasteiger partial charge in [-0.3, -0.25) is 4.90 Å². The number of likely N-dealkylation sites (N-methyl/N-ethyl adjacent to an activating group) is 1. The normalized spacial score (nSPS) is 11.5. The van der Waals surface area contributed by atoms with Crippen molar-refractivity contribution in [2.24, 2.45) is 0 Å². The number of halogens is 1. The molecule has 1 heterocycles. The van der Waals surface area contributed by atoms with Crippen LogP contribution in [0, 0.1) is 12.7 Å². The number of rotatable bonds is 6. The maximum Gasteiger partial charge on any atom is 0.372 e. The zero-order chi connectivity index (χ0) is 15.6. The predicted octanol–water partition coefficient (Wildman–Crippen LogP) is 2.39. The number of aryl methyl sites for hydroxylation is 1. The van der Waals surface area contributed by atoms with Gasteiger partial charge in [0.25, 0.3) is 0 Å². The van der Waals surface area contributed by atoms with Crippen molar-refractivity contribution in [3.05, 3.63) is 34.8 Å². The molecule has 0 radical (unpaired) electrons. The number of aromatic carboxylic acids is 1. The van der Waals surface area contributed by atoms with Crippen LogP contribution >= 0.6 is 0 Å². The molecule has 2 aromatic rings. The third-order valence-electron chi connectivity index (χ3n) is 3.52. The fourth-order valence-electron chi connectivity index (χ4n) is 2.38. The van der Waals surface area contributed by atoms with Crippen LogP contribution in [0.2, 0.25) is 0 Å². The van der Waals surface area contributed by atoms with Gasteiger partial charge in [0.05, 0.1) is 6.61 Å². The van der Waals surface area contributed by atoms with Crippen molar-refractivity contribution in [1.82, 2.24) is 4.90 Å². The second-order valence-electron chi connectivity index (χ2n) is 4.91. The van der Waals surface area contributed by atoms with E-state index in [1.54, 1.807) is 13.0 Å². The van der Waals surface area contributed by atoms with Crippen LogP contribution in [0.4, 0.5) is 4.39 Å². The molecule has 1 aromatic heterocycles. The lowest BCUT2D eigenvalue weighted by Gasteiger charge is -2.19. The zero-order valence-electron chi connectivity index (χ0n) is 12.0. The summed E-state index contributed by atoms with van der Waals surface area (Å²) in [6, 6.07) is 3.08. The summed E-state index contributed by atoms with van der Waals surface area (Å²) in [6.07, 6.45) is 0. The first-order valence-corrected chi connectivity index (χ1v) is 6.76. The van der Waals surface area contributed by atoms with E-state index in [2.05, 4.69) is 0 Å². The van der Waals surface area contributed by atoms with E-state index in [9.17, 15) is 9.18 Å². The third kappa shape index (κ3) is 3.06. The quantitative estimate of drug-likeness (QED) is 0.856. The molecule has 0 amide bonds. The number of carbonyl (C=O) groups is 1. The van der Waals surface area contributed by atoms with Gasteiger partial charge in [-0.15, -0.1) is 0 Å². The Balaban J connectivity index is 2.44. The lowest BCUT2D eigenvalue weighted by Crippen LogP contribution is -2.26. The largest absolute Gasteiger partial charge is 0.475 e. The van der Waals surface area contributed by atoms with Crippen molar-refractivity contribution < 1.29 is 23.8 Å². The average Bonchev–Trinajstić information content (AvgIpc) is 2.77. The maximum atomic E-state index is 14.1. The van der Waals surface area contributed by atoms with Gasteiger partial charge < -0.3 is 14.6 Å². The number of furan rings is 1. The summed E-state index contributed by atoms with van der Waals surface area (Å²) in [7, 11) is 0. The molecular weight excluding hydrogens is 277 g/mol. The van der Waals surface area contributed by atoms with Gasteiger partial charge in [0.1, 0.15) is 0 Å². The molecule has 0 fully saturated rings. The second kappa shape index (κ2) is 6.24. The van der Waals surface area contributed by atoms with Crippen molar-refractivity contribution in [3.8, 4) is 0 Å². The number of carboxylic acids is 1. The van der Waals surface area contributed by atoms with Crippen LogP contribution in [-0.4, -0.2) is 40.8 Å². The number of aliphatic hydroxyl groups is 1. The minimum Gasteiger partial charge on any atom is -0.475 e. The van der Waals surface area contributed by atoms with Crippen molar-refractivity contribution in [2.45, 2.75) is 20.4 Å². The number of hydrogen-bond acceptors (Lipinski definition) is 4. The Labute approximate surface area is 121 Å². The highest BCUT2D eigenvalue weighted by molar-refractivity contribution is 5.95. The molecule has 0 aliphatic rings. The highest BCUT2D eigenvalue weighted by Crippen LogP contribution is 2.29. The summed E-state index contributed by atoms with van der Waals surface area (Å²) < 4.78 is 19.2. The lowest BCUT2D eigenvalue weighted by molar-refractivity contribution is 0.0663. The number of fused-ring (bicyclic) bond motifs is 1. The van der Waals surface area contributed by atoms with E-state index in [1.807, 2.05) is 11.8 Å². The fourth-order valence-corrected chi connectivity index (χ4v) is 2.38. The molecule has 21 heavy (non-hydrogen) atoms. The SMILES string of the molecule is CCN(CCO)Cc1cc(F)c2oc(C(=O)O)c(C)c2c1. The van der Waals surface area contributed by atoms with E-state index in [0.29, 0.717) is 24.0 Å². The molecule has 5 nitrogen and oxygen atoms in total. The highest BCUT2D eigenvalue weighted by atomic mass is 19.1. The summed E-state index contributed by atoms with van der Waals surface area (Å²) in [4.78, 5) is 13.0. The molecule has 0 bridgehead atoms. The molecule has 6 heteroatoms. The lowest BCUT2D eigenvalue weighted by atomic mass is 10.1. The minimum absolute atomic E-state index is 0.0288. The third-order valence-corrected chi connectivity index (χ3v) is 3.52. The number of nitrogens with zero attached hydrogens (tertiary/aromatic N) is 1. The van der Waals surface area contributed by atoms with Gasteiger partial charge >= 0.3 is 5.97 Å². The summed E-state index contributed by atoms with van der Waals surface area (Å²) >= 11 is 0. The van der Waals surface area contributed by atoms with Gasteiger partial charge in [0, 0.05) is 24.0 Å². The van der Waals surface area contributed by atoms with E-state index in [4.69, 9.17) is 14.6 Å². The molecule has 0 atom stereocenters. The molecule has 0 aliphatic heterocycles. The molecule has 114 valence electrons. The van der Waals surface area contributed by atoms with E-state index in [0.717, 1.165) is 12.1 Å². The molecule has 0 unspecified atom stereocenters. The van der Waals surface area contributed by atoms with Crippen molar-refractivity contribution in [1.29, 1.82) is 0 Å². The molecule has 0 saturated heterocycles. The first kappa shape index (κ1) is 15.5. The highest BCUT2D eigenvalue weighted by Gasteiger charge is 2.20. The maximum absolute atomic E-state index is 14.1. The van der Waals surface area contributed by atoms with Gasteiger partial charge in [-0.05, 0) is 31.2 Å². The summed E-state index contributed by atoms with van der Waals surface area (Å²) in [5.41, 5.74) is 1.11. The molecule has 0 spiro atoms. The Kier molecular flexibility index (Phi) is 4.59. The zero-order valence-corrected chi connectivity index (χ0v) is 12.0. The van der Waals surface area contributed by atoms with Gasteiger partial charge in [-0.1, -0.05) is 6.92 Å². The Hall–Kier alpha value is -1.92. The van der Waals surface area contributed by atoms with Gasteiger partial charge in [0.15, 0.2) is 11.4 Å². The number of aliphatic hydroxyl groups excluding tert-OH is 1. The Bertz CT molecular complexity index is 665. The summed E-state index contributed by atoms with van der Waals surface area (Å²) in [5.74, 6) is -2.01. The standard InChI is InChI=1S/C15H18FNO4/c1-3-17(4-5-18)8-10-6-11-9(2)13(15(19)20)21-14(11)12(16)7-10/h6-7,18H,3-5,8H2,1-2H3,(H,19,20). The van der Waals surface area contributed by atoms with Crippen molar-refractivity contribution >= 4 is 16.9 Å². The van der Waals surface area contributed by atoms with E-state index < -0.39 is 11.8 Å². The smallest absolute Gasteiger partial charge is 0.372 e. The van der Waals surface area contributed by atoms with Crippen LogP contribution in [0.1, 0.15) is 28.6 Å². The summed E-state index contributed by atoms with van der Waals surface area (Å²) in [5, 5.41) is 18.5. The number of benzene rings is 1. The first-order valence-electron chi connectivity index (χ1n) is 6.76. The molecule has 1 aromatic carbocycles. The van der Waals surface area contributed by atoms with Crippen molar-refractivity contribution in [3.63, 3.8) is 0 Å².